The minimum Gasteiger partial charge on any atom is -0.310 e. The van der Waals surface area contributed by atoms with Crippen LogP contribution in [0.15, 0.2) is 303 Å². The van der Waals surface area contributed by atoms with Gasteiger partial charge in [0.1, 0.15) is 0 Å². The number of benzene rings is 15. The van der Waals surface area contributed by atoms with E-state index in [0.717, 1.165) is 0 Å². The van der Waals surface area contributed by atoms with Crippen molar-refractivity contribution in [3.05, 3.63) is 331 Å². The highest BCUT2D eigenvalue weighted by atomic mass is 32.1. The fourth-order valence-corrected chi connectivity index (χ4v) is 18.3. The fourth-order valence-electron chi connectivity index (χ4n) is 17.2. The van der Waals surface area contributed by atoms with Crippen molar-refractivity contribution in [3.8, 4) is 50.2 Å². The number of nitrogens with zero attached hydrogens (tertiary/aromatic N) is 2. The first-order valence-electron chi connectivity index (χ1n) is 32.7. The number of fused-ring (bicyclic) bond motifs is 20. The molecule has 0 unspecified atom stereocenters. The predicted molar refractivity (Wildman–Crippen MR) is 398 cm³/mol. The Morgan fingerprint density at radius 3 is 1.54 bits per heavy atom. The van der Waals surface area contributed by atoms with Crippen LogP contribution in [-0.4, -0.2) is 11.3 Å². The zero-order valence-corrected chi connectivity index (χ0v) is 52.6. The average Bonchev–Trinajstić information content (AvgIpc) is 1.55. The second-order valence-electron chi connectivity index (χ2n) is 26.9. The van der Waals surface area contributed by atoms with Gasteiger partial charge in [-0.2, -0.15) is 0 Å². The smallest absolute Gasteiger partial charge is 0.252 e. The highest BCUT2D eigenvalue weighted by Gasteiger charge is 2.51. The van der Waals surface area contributed by atoms with Crippen molar-refractivity contribution in [3.63, 3.8) is 0 Å². The third kappa shape index (κ3) is 7.30. The van der Waals surface area contributed by atoms with Crippen LogP contribution in [0.4, 0.5) is 17.1 Å². The molecule has 4 heterocycles. The molecule has 4 heteroatoms. The molecule has 0 N–H and O–H groups in total. The molecule has 0 fully saturated rings. The number of hydrogen-bond donors (Lipinski definition) is 0. The molecule has 17 aromatic rings. The molecule has 0 spiro atoms. The summed E-state index contributed by atoms with van der Waals surface area (Å²) in [5, 5.41) is 12.7. The van der Waals surface area contributed by atoms with E-state index in [4.69, 9.17) is 0 Å². The summed E-state index contributed by atoms with van der Waals surface area (Å²) in [4.78, 5) is 2.75. The van der Waals surface area contributed by atoms with Crippen molar-refractivity contribution in [2.75, 3.05) is 4.90 Å². The summed E-state index contributed by atoms with van der Waals surface area (Å²) in [5.74, 6) is 0. The number of para-hydroxylation sites is 1. The van der Waals surface area contributed by atoms with Crippen LogP contribution >= 0.6 is 11.3 Å². The predicted octanol–water partition coefficient (Wildman–Crippen LogP) is 21.9. The average molecular weight is 1200 g/mol. The van der Waals surface area contributed by atoms with E-state index in [1.807, 2.05) is 11.3 Å². The lowest BCUT2D eigenvalue weighted by molar-refractivity contribution is 0.591. The van der Waals surface area contributed by atoms with Crippen LogP contribution in [0.2, 0.25) is 0 Å². The zero-order valence-electron chi connectivity index (χ0n) is 51.7. The van der Waals surface area contributed by atoms with Gasteiger partial charge in [0.05, 0.1) is 22.1 Å². The number of anilines is 3. The molecule has 0 radical (unpaired) electrons. The third-order valence-electron chi connectivity index (χ3n) is 21.1. The molecule has 2 aromatic heterocycles. The first-order valence-corrected chi connectivity index (χ1v) is 33.5. The molecular formula is C89H59BN2S. The fraction of sp³-hybridized carbons (Fsp3) is 0.0562. The number of thiophene rings is 1. The van der Waals surface area contributed by atoms with Crippen LogP contribution in [0.5, 0.6) is 0 Å². The Labute approximate surface area is 544 Å². The molecule has 434 valence electrons. The lowest BCUT2D eigenvalue weighted by Gasteiger charge is -2.43. The molecule has 20 rings (SSSR count). The third-order valence-corrected chi connectivity index (χ3v) is 22.3. The number of hydrogen-bond acceptors (Lipinski definition) is 2. The van der Waals surface area contributed by atoms with Gasteiger partial charge >= 0.3 is 0 Å². The molecule has 3 aliphatic rings. The summed E-state index contributed by atoms with van der Waals surface area (Å²) in [6.45, 7) is 6.89. The Morgan fingerprint density at radius 1 is 0.355 bits per heavy atom. The van der Waals surface area contributed by atoms with Gasteiger partial charge < -0.3 is 9.47 Å². The maximum atomic E-state index is 2.75. The second-order valence-corrected chi connectivity index (χ2v) is 28.0. The normalized spacial score (nSPS) is 13.6. The van der Waals surface area contributed by atoms with Crippen LogP contribution < -0.4 is 21.3 Å². The van der Waals surface area contributed by atoms with Gasteiger partial charge in [-0.1, -0.05) is 269 Å². The van der Waals surface area contributed by atoms with Gasteiger partial charge in [0.15, 0.2) is 0 Å². The summed E-state index contributed by atoms with van der Waals surface area (Å²) >= 11 is 1.92. The van der Waals surface area contributed by atoms with E-state index in [-0.39, 0.29) is 12.1 Å². The Kier molecular flexibility index (Phi) is 11.0. The molecule has 0 bridgehead atoms. The standard InChI is InChI=1S/C89H59BN2S/c1-88(2,3)60-49-69(54-26-8-4-9-27-54)86(70(50-60)55-28-10-5-11-29-55)92-78-51-72-66-38-22-25-43-81(66)93-82(72)53-75(78)90-76-52-74-83(67-39-20-23-41-73(67)89(74,58-30-12-6-13-31-58)59-32-14-7-15-33-59)84-68-40-21-24-42-77(68)91(87(76)84)79-47-57(48-80(92)85(79)90)56-44-45-65-63-36-17-16-34-61(63)62-35-18-19-37-64(62)71(65)46-56/h4-53H,1-3H3. The highest BCUT2D eigenvalue weighted by Crippen LogP contribution is 2.60. The van der Waals surface area contributed by atoms with Gasteiger partial charge in [-0.3, -0.25) is 0 Å². The minimum atomic E-state index is -0.635. The Balaban J connectivity index is 0.998. The van der Waals surface area contributed by atoms with Crippen LogP contribution in [0.25, 0.3) is 124 Å². The molecule has 0 amide bonds. The van der Waals surface area contributed by atoms with Crippen molar-refractivity contribution < 1.29 is 0 Å². The van der Waals surface area contributed by atoms with Gasteiger partial charge in [-0.15, -0.1) is 11.3 Å². The first kappa shape index (κ1) is 52.7. The number of aromatic nitrogens is 1. The molecular weight excluding hydrogens is 1140 g/mol. The summed E-state index contributed by atoms with van der Waals surface area (Å²) in [7, 11) is 0. The zero-order chi connectivity index (χ0) is 61.4. The molecule has 2 aliphatic heterocycles. The van der Waals surface area contributed by atoms with Crippen molar-refractivity contribution >= 4 is 126 Å². The van der Waals surface area contributed by atoms with Crippen molar-refractivity contribution in [1.82, 2.24) is 4.57 Å². The summed E-state index contributed by atoms with van der Waals surface area (Å²) in [5.41, 5.74) is 26.5. The van der Waals surface area contributed by atoms with Crippen molar-refractivity contribution in [2.24, 2.45) is 0 Å². The van der Waals surface area contributed by atoms with Crippen LogP contribution in [0.3, 0.4) is 0 Å². The first-order chi connectivity index (χ1) is 45.8. The van der Waals surface area contributed by atoms with E-state index in [0.29, 0.717) is 0 Å². The van der Waals surface area contributed by atoms with E-state index >= 15 is 0 Å². The summed E-state index contributed by atoms with van der Waals surface area (Å²) < 4.78 is 5.29. The highest BCUT2D eigenvalue weighted by molar-refractivity contribution is 7.26. The minimum absolute atomic E-state index is 0.165. The number of rotatable bonds is 6. The molecule has 0 atom stereocenters. The van der Waals surface area contributed by atoms with E-state index in [2.05, 4.69) is 334 Å². The quantitative estimate of drug-likeness (QED) is 0.119. The van der Waals surface area contributed by atoms with Crippen LogP contribution in [-0.2, 0) is 10.8 Å². The van der Waals surface area contributed by atoms with Crippen LogP contribution in [0.1, 0.15) is 48.6 Å². The van der Waals surface area contributed by atoms with E-state index in [1.54, 1.807) is 0 Å². The SMILES string of the molecule is CC(C)(C)c1cc(-c2ccccc2)c(N2c3cc4c(cc3B3c5c2cc(-c2ccc6c7ccccc7c7ccccc7c6c2)cc5-n2c5ccccc5c5c6c(cc3c52)C(c2ccccc2)(c2ccccc2)c2ccccc2-6)sc2ccccc24)c(-c2ccccc2)c1. The van der Waals surface area contributed by atoms with Crippen LogP contribution in [0, 0.1) is 0 Å². The van der Waals surface area contributed by atoms with E-state index < -0.39 is 5.41 Å². The lowest BCUT2D eigenvalue weighted by Crippen LogP contribution is -2.60. The molecule has 2 nitrogen and oxygen atoms in total. The maximum Gasteiger partial charge on any atom is 0.252 e. The monoisotopic (exact) mass is 1200 g/mol. The lowest BCUT2D eigenvalue weighted by atomic mass is 9.33. The van der Waals surface area contributed by atoms with Gasteiger partial charge in [0.25, 0.3) is 6.71 Å². The Hall–Kier alpha value is -11.0. The second kappa shape index (κ2) is 19.5. The Morgan fingerprint density at radius 2 is 0.892 bits per heavy atom. The van der Waals surface area contributed by atoms with Gasteiger partial charge in [0, 0.05) is 59.1 Å². The largest absolute Gasteiger partial charge is 0.310 e. The molecule has 93 heavy (non-hydrogen) atoms. The molecule has 0 saturated heterocycles. The Bertz CT molecular complexity index is 5900. The van der Waals surface area contributed by atoms with E-state index in [1.165, 1.54) is 186 Å². The molecule has 1 aliphatic carbocycles. The van der Waals surface area contributed by atoms with Gasteiger partial charge in [-0.25, -0.2) is 0 Å². The van der Waals surface area contributed by atoms with Crippen molar-refractivity contribution in [1.29, 1.82) is 0 Å². The topological polar surface area (TPSA) is 8.17 Å². The van der Waals surface area contributed by atoms with Gasteiger partial charge in [0.2, 0.25) is 0 Å². The van der Waals surface area contributed by atoms with E-state index in [9.17, 15) is 0 Å². The van der Waals surface area contributed by atoms with Crippen molar-refractivity contribution in [2.45, 2.75) is 31.6 Å². The molecule has 15 aromatic carbocycles. The maximum absolute atomic E-state index is 2.75. The molecule has 0 saturated carbocycles. The summed E-state index contributed by atoms with van der Waals surface area (Å²) in [6.07, 6.45) is 0. The summed E-state index contributed by atoms with van der Waals surface area (Å²) in [6, 6.07) is 116. The van der Waals surface area contributed by atoms with Gasteiger partial charge in [-0.05, 0) is 170 Å².